The third-order valence-electron chi connectivity index (χ3n) is 4.26. The monoisotopic (exact) mass is 261 g/mol. The van der Waals surface area contributed by atoms with Crippen molar-refractivity contribution in [3.8, 4) is 5.75 Å². The van der Waals surface area contributed by atoms with Gasteiger partial charge in [-0.25, -0.2) is 0 Å². The maximum absolute atomic E-state index is 5.36. The Labute approximate surface area is 117 Å². The summed E-state index contributed by atoms with van der Waals surface area (Å²) in [6.07, 6.45) is 7.96. The van der Waals surface area contributed by atoms with Crippen molar-refractivity contribution in [1.29, 1.82) is 0 Å². The van der Waals surface area contributed by atoms with Crippen molar-refractivity contribution in [2.45, 2.75) is 58.4 Å². The molecule has 0 saturated heterocycles. The summed E-state index contributed by atoms with van der Waals surface area (Å²) in [7, 11) is 1.74. The van der Waals surface area contributed by atoms with Gasteiger partial charge >= 0.3 is 0 Å². The number of nitrogens with one attached hydrogen (secondary N) is 1. The smallest absolute Gasteiger partial charge is 0.122 e. The number of benzene rings is 1. The summed E-state index contributed by atoms with van der Waals surface area (Å²) in [6.45, 7) is 5.45. The molecule has 1 aromatic carbocycles. The third kappa shape index (κ3) is 3.97. The van der Waals surface area contributed by atoms with Crippen molar-refractivity contribution in [3.05, 3.63) is 28.8 Å². The van der Waals surface area contributed by atoms with Gasteiger partial charge in [-0.2, -0.15) is 0 Å². The molecule has 0 aromatic heterocycles. The van der Waals surface area contributed by atoms with Gasteiger partial charge in [0.25, 0.3) is 0 Å². The number of ether oxygens (including phenoxy) is 1. The van der Waals surface area contributed by atoms with Gasteiger partial charge in [0, 0.05) is 6.04 Å². The van der Waals surface area contributed by atoms with E-state index in [-0.39, 0.29) is 0 Å². The molecule has 0 bridgehead atoms. The molecule has 0 amide bonds. The normalized spacial score (nSPS) is 15.9. The summed E-state index contributed by atoms with van der Waals surface area (Å²) in [5, 5.41) is 3.68. The standard InChI is InChI=1S/C17H27NO/c1-13-12-17(19-3)14(2)11-15(13)7-6-10-18-16-8-4-5-9-16/h11-12,16,18H,4-10H2,1-3H3. The van der Waals surface area contributed by atoms with Crippen LogP contribution in [0.1, 0.15) is 48.8 Å². The average molecular weight is 261 g/mol. The highest BCUT2D eigenvalue weighted by atomic mass is 16.5. The Morgan fingerprint density at radius 3 is 2.58 bits per heavy atom. The van der Waals surface area contributed by atoms with E-state index in [0.29, 0.717) is 0 Å². The lowest BCUT2D eigenvalue weighted by molar-refractivity contribution is 0.411. The molecule has 2 rings (SSSR count). The van der Waals surface area contributed by atoms with Gasteiger partial charge in [-0.1, -0.05) is 18.9 Å². The number of aryl methyl sites for hydroxylation is 3. The third-order valence-corrected chi connectivity index (χ3v) is 4.26. The van der Waals surface area contributed by atoms with Gasteiger partial charge in [-0.15, -0.1) is 0 Å². The highest BCUT2D eigenvalue weighted by molar-refractivity contribution is 5.41. The molecule has 1 N–H and O–H groups in total. The van der Waals surface area contributed by atoms with E-state index in [1.54, 1.807) is 7.11 Å². The maximum atomic E-state index is 5.36. The van der Waals surface area contributed by atoms with E-state index in [1.807, 2.05) is 0 Å². The zero-order valence-electron chi connectivity index (χ0n) is 12.6. The molecule has 1 aromatic rings. The summed E-state index contributed by atoms with van der Waals surface area (Å²) in [5.41, 5.74) is 4.06. The van der Waals surface area contributed by atoms with Crippen molar-refractivity contribution in [1.82, 2.24) is 5.32 Å². The van der Waals surface area contributed by atoms with Crippen LogP contribution in [0.4, 0.5) is 0 Å². The molecule has 1 fully saturated rings. The maximum Gasteiger partial charge on any atom is 0.122 e. The van der Waals surface area contributed by atoms with Crippen LogP contribution < -0.4 is 10.1 Å². The Morgan fingerprint density at radius 2 is 1.89 bits per heavy atom. The van der Waals surface area contributed by atoms with E-state index in [0.717, 1.165) is 24.8 Å². The van der Waals surface area contributed by atoms with Crippen molar-refractivity contribution in [3.63, 3.8) is 0 Å². The summed E-state index contributed by atoms with van der Waals surface area (Å²) >= 11 is 0. The van der Waals surface area contributed by atoms with Gasteiger partial charge in [0.1, 0.15) is 5.75 Å². The summed E-state index contributed by atoms with van der Waals surface area (Å²) in [6, 6.07) is 5.23. The molecule has 2 heteroatoms. The number of rotatable bonds is 6. The summed E-state index contributed by atoms with van der Waals surface area (Å²) < 4.78 is 5.36. The quantitative estimate of drug-likeness (QED) is 0.787. The molecule has 0 heterocycles. The van der Waals surface area contributed by atoms with Crippen LogP contribution in [0.25, 0.3) is 0 Å². The molecule has 1 aliphatic rings. The molecular formula is C17H27NO. The molecule has 19 heavy (non-hydrogen) atoms. The fourth-order valence-electron chi connectivity index (χ4n) is 3.05. The molecule has 106 valence electrons. The zero-order chi connectivity index (χ0) is 13.7. The molecule has 0 unspecified atom stereocenters. The van der Waals surface area contributed by atoms with E-state index in [9.17, 15) is 0 Å². The zero-order valence-corrected chi connectivity index (χ0v) is 12.6. The SMILES string of the molecule is COc1cc(C)c(CCCNC2CCCC2)cc1C. The van der Waals surface area contributed by atoms with Gasteiger partial charge in [0.05, 0.1) is 7.11 Å². The molecule has 0 radical (unpaired) electrons. The predicted octanol–water partition coefficient (Wildman–Crippen LogP) is 3.78. The lowest BCUT2D eigenvalue weighted by atomic mass is 10.0. The van der Waals surface area contributed by atoms with E-state index >= 15 is 0 Å². The van der Waals surface area contributed by atoms with Gasteiger partial charge in [-0.05, 0) is 68.8 Å². The number of methoxy groups -OCH3 is 1. The van der Waals surface area contributed by atoms with Crippen molar-refractivity contribution in [2.24, 2.45) is 0 Å². The fourth-order valence-corrected chi connectivity index (χ4v) is 3.05. The molecule has 1 aliphatic carbocycles. The van der Waals surface area contributed by atoms with Crippen molar-refractivity contribution in [2.75, 3.05) is 13.7 Å². The first-order chi connectivity index (χ1) is 9.20. The topological polar surface area (TPSA) is 21.3 Å². The van der Waals surface area contributed by atoms with Gasteiger partial charge in [0.2, 0.25) is 0 Å². The number of hydrogen-bond acceptors (Lipinski definition) is 2. The molecule has 0 atom stereocenters. The van der Waals surface area contributed by atoms with Gasteiger partial charge < -0.3 is 10.1 Å². The van der Waals surface area contributed by atoms with Gasteiger partial charge in [-0.3, -0.25) is 0 Å². The van der Waals surface area contributed by atoms with Crippen LogP contribution in [-0.2, 0) is 6.42 Å². The Hall–Kier alpha value is -1.02. The van der Waals surface area contributed by atoms with E-state index in [4.69, 9.17) is 4.74 Å². The first kappa shape index (κ1) is 14.4. The van der Waals surface area contributed by atoms with E-state index < -0.39 is 0 Å². The first-order valence-corrected chi connectivity index (χ1v) is 7.58. The molecular weight excluding hydrogens is 234 g/mol. The van der Waals surface area contributed by atoms with Crippen LogP contribution in [0.15, 0.2) is 12.1 Å². The molecule has 2 nitrogen and oxygen atoms in total. The minimum absolute atomic E-state index is 0.790. The highest BCUT2D eigenvalue weighted by Crippen LogP contribution is 2.23. The first-order valence-electron chi connectivity index (χ1n) is 7.58. The van der Waals surface area contributed by atoms with Crippen LogP contribution in [-0.4, -0.2) is 19.7 Å². The Balaban J connectivity index is 1.80. The minimum atomic E-state index is 0.790. The molecule has 1 saturated carbocycles. The highest BCUT2D eigenvalue weighted by Gasteiger charge is 2.13. The van der Waals surface area contributed by atoms with E-state index in [1.165, 1.54) is 48.8 Å². The Morgan fingerprint density at radius 1 is 1.16 bits per heavy atom. The van der Waals surface area contributed by atoms with Crippen LogP contribution >= 0.6 is 0 Å². The van der Waals surface area contributed by atoms with Crippen molar-refractivity contribution >= 4 is 0 Å². The average Bonchev–Trinajstić information content (AvgIpc) is 2.91. The van der Waals surface area contributed by atoms with Gasteiger partial charge in [0.15, 0.2) is 0 Å². The Bertz CT molecular complexity index is 408. The molecule has 0 aliphatic heterocycles. The van der Waals surface area contributed by atoms with Crippen LogP contribution in [0.3, 0.4) is 0 Å². The minimum Gasteiger partial charge on any atom is -0.496 e. The van der Waals surface area contributed by atoms with Crippen LogP contribution in [0.5, 0.6) is 5.75 Å². The van der Waals surface area contributed by atoms with Crippen LogP contribution in [0.2, 0.25) is 0 Å². The van der Waals surface area contributed by atoms with Crippen LogP contribution in [0, 0.1) is 13.8 Å². The molecule has 0 spiro atoms. The lowest BCUT2D eigenvalue weighted by Gasteiger charge is -2.13. The Kier molecular flexibility index (Phi) is 5.26. The van der Waals surface area contributed by atoms with E-state index in [2.05, 4.69) is 31.3 Å². The lowest BCUT2D eigenvalue weighted by Crippen LogP contribution is -2.27. The summed E-state index contributed by atoms with van der Waals surface area (Å²) in [5.74, 6) is 1.00. The predicted molar refractivity (Wildman–Crippen MR) is 81.0 cm³/mol. The summed E-state index contributed by atoms with van der Waals surface area (Å²) in [4.78, 5) is 0. The second-order valence-corrected chi connectivity index (χ2v) is 5.79. The fraction of sp³-hybridized carbons (Fsp3) is 0.647. The second kappa shape index (κ2) is 6.95. The number of hydrogen-bond donors (Lipinski definition) is 1. The van der Waals surface area contributed by atoms with Crippen molar-refractivity contribution < 1.29 is 4.74 Å². The largest absolute Gasteiger partial charge is 0.496 e. The second-order valence-electron chi connectivity index (χ2n) is 5.79.